The Labute approximate surface area is 169 Å². The number of carbonyl (C=O) groups is 1. The molecule has 7 heteroatoms. The van der Waals surface area contributed by atoms with E-state index in [9.17, 15) is 23.8 Å². The Morgan fingerprint density at radius 1 is 1.03 bits per heavy atom. The van der Waals surface area contributed by atoms with Gasteiger partial charge in [0.2, 0.25) is 0 Å². The van der Waals surface area contributed by atoms with Gasteiger partial charge in [-0.3, -0.25) is 4.90 Å². The minimum absolute atomic E-state index is 0.176. The summed E-state index contributed by atoms with van der Waals surface area (Å²) in [5, 5.41) is 20.2. The van der Waals surface area contributed by atoms with Gasteiger partial charge in [-0.05, 0) is 48.7 Å². The van der Waals surface area contributed by atoms with Crippen molar-refractivity contribution in [1.29, 1.82) is 0 Å². The van der Waals surface area contributed by atoms with E-state index in [0.717, 1.165) is 0 Å². The second-order valence-corrected chi connectivity index (χ2v) is 7.53. The van der Waals surface area contributed by atoms with Crippen molar-refractivity contribution in [3.8, 4) is 0 Å². The Hall–Kier alpha value is -2.51. The lowest BCUT2D eigenvalue weighted by Crippen LogP contribution is -2.65. The van der Waals surface area contributed by atoms with Crippen LogP contribution in [-0.4, -0.2) is 57.9 Å². The molecule has 29 heavy (non-hydrogen) atoms. The van der Waals surface area contributed by atoms with Gasteiger partial charge >= 0.3 is 6.09 Å². The maximum Gasteiger partial charge on any atom is 0.407 e. The van der Waals surface area contributed by atoms with Crippen molar-refractivity contribution in [2.45, 2.75) is 37.9 Å². The summed E-state index contributed by atoms with van der Waals surface area (Å²) in [5.74, 6) is -0.786. The standard InChI is InChI=1S/C22H26F2N2O3/c1-3-20-13-25(21(28)29)15(2)12-26(20)22(14-27,16-4-8-18(23)9-5-16)17-6-10-19(24)11-7-17/h4-11,15,20,27H,3,12-14H2,1-2H3,(H,28,29)/t15-,20+/m0/s1. The number of aliphatic hydroxyl groups is 1. The van der Waals surface area contributed by atoms with E-state index in [2.05, 4.69) is 4.90 Å². The lowest BCUT2D eigenvalue weighted by Gasteiger charge is -2.53. The van der Waals surface area contributed by atoms with Crippen LogP contribution in [0, 0.1) is 11.6 Å². The maximum atomic E-state index is 13.6. The van der Waals surface area contributed by atoms with Gasteiger partial charge in [0.25, 0.3) is 0 Å². The normalized spacial score (nSPS) is 20.7. The number of amides is 1. The maximum absolute atomic E-state index is 13.6. The molecule has 156 valence electrons. The minimum atomic E-state index is -1.05. The third-order valence-corrected chi connectivity index (χ3v) is 5.92. The van der Waals surface area contributed by atoms with E-state index in [1.165, 1.54) is 29.2 Å². The van der Waals surface area contributed by atoms with Crippen LogP contribution in [0.4, 0.5) is 13.6 Å². The van der Waals surface area contributed by atoms with Gasteiger partial charge in [0.1, 0.15) is 11.6 Å². The van der Waals surface area contributed by atoms with Crippen molar-refractivity contribution >= 4 is 6.09 Å². The van der Waals surface area contributed by atoms with Gasteiger partial charge in [-0.2, -0.15) is 0 Å². The highest BCUT2D eigenvalue weighted by molar-refractivity contribution is 5.65. The van der Waals surface area contributed by atoms with Crippen molar-refractivity contribution in [2.75, 3.05) is 19.7 Å². The van der Waals surface area contributed by atoms with Crippen LogP contribution in [0.1, 0.15) is 31.4 Å². The van der Waals surface area contributed by atoms with Crippen LogP contribution in [0.15, 0.2) is 48.5 Å². The zero-order valence-corrected chi connectivity index (χ0v) is 16.6. The number of piperazine rings is 1. The van der Waals surface area contributed by atoms with E-state index in [0.29, 0.717) is 24.1 Å². The van der Waals surface area contributed by atoms with Gasteiger partial charge in [0, 0.05) is 25.2 Å². The number of carboxylic acid groups (broad SMARTS) is 1. The second-order valence-electron chi connectivity index (χ2n) is 7.53. The highest BCUT2D eigenvalue weighted by atomic mass is 19.1. The molecule has 1 aliphatic rings. The number of hydrogen-bond donors (Lipinski definition) is 2. The Morgan fingerprint density at radius 2 is 1.52 bits per heavy atom. The molecule has 2 N–H and O–H groups in total. The fourth-order valence-corrected chi connectivity index (χ4v) is 4.34. The first-order valence-corrected chi connectivity index (χ1v) is 9.72. The van der Waals surface area contributed by atoms with E-state index >= 15 is 0 Å². The summed E-state index contributed by atoms with van der Waals surface area (Å²) in [4.78, 5) is 15.1. The Bertz CT molecular complexity index is 797. The molecule has 1 fully saturated rings. The summed E-state index contributed by atoms with van der Waals surface area (Å²) in [6.45, 7) is 4.13. The van der Waals surface area contributed by atoms with Crippen LogP contribution < -0.4 is 0 Å². The summed E-state index contributed by atoms with van der Waals surface area (Å²) in [6, 6.07) is 11.3. The van der Waals surface area contributed by atoms with Gasteiger partial charge in [0.15, 0.2) is 0 Å². The molecule has 0 aliphatic carbocycles. The van der Waals surface area contributed by atoms with Gasteiger partial charge in [-0.1, -0.05) is 31.2 Å². The van der Waals surface area contributed by atoms with Crippen LogP contribution in [0.5, 0.6) is 0 Å². The number of nitrogens with zero attached hydrogens (tertiary/aromatic N) is 2. The number of benzene rings is 2. The first kappa shape index (κ1) is 21.2. The molecule has 1 aliphatic heterocycles. The summed E-state index contributed by atoms with van der Waals surface area (Å²) in [7, 11) is 0. The molecule has 2 aromatic carbocycles. The van der Waals surface area contributed by atoms with E-state index in [-0.39, 0.29) is 25.2 Å². The highest BCUT2D eigenvalue weighted by Gasteiger charge is 2.47. The molecule has 1 amide bonds. The predicted octanol–water partition coefficient (Wildman–Crippen LogP) is 3.66. The van der Waals surface area contributed by atoms with Crippen molar-refractivity contribution in [2.24, 2.45) is 0 Å². The van der Waals surface area contributed by atoms with Crippen molar-refractivity contribution < 1.29 is 23.8 Å². The van der Waals surface area contributed by atoms with Crippen LogP contribution in [-0.2, 0) is 5.54 Å². The third kappa shape index (κ3) is 3.84. The average Bonchev–Trinajstić information content (AvgIpc) is 2.71. The first-order valence-electron chi connectivity index (χ1n) is 9.72. The molecule has 1 saturated heterocycles. The SMILES string of the molecule is CC[C@@H]1CN(C(=O)O)[C@@H](C)CN1C(CO)(c1ccc(F)cc1)c1ccc(F)cc1. The Kier molecular flexibility index (Phi) is 6.19. The second kappa shape index (κ2) is 8.47. The topological polar surface area (TPSA) is 64.0 Å². The number of halogens is 2. The molecule has 0 aromatic heterocycles. The monoisotopic (exact) mass is 404 g/mol. The van der Waals surface area contributed by atoms with E-state index in [4.69, 9.17) is 0 Å². The fraction of sp³-hybridized carbons (Fsp3) is 0.409. The molecule has 2 aromatic rings. The molecule has 0 bridgehead atoms. The van der Waals surface area contributed by atoms with E-state index in [1.807, 2.05) is 13.8 Å². The van der Waals surface area contributed by atoms with Gasteiger partial charge in [-0.15, -0.1) is 0 Å². The summed E-state index contributed by atoms with van der Waals surface area (Å²) >= 11 is 0. The highest BCUT2D eigenvalue weighted by Crippen LogP contribution is 2.40. The molecule has 0 saturated carbocycles. The molecular formula is C22H26F2N2O3. The third-order valence-electron chi connectivity index (χ3n) is 5.92. The van der Waals surface area contributed by atoms with Crippen LogP contribution >= 0.6 is 0 Å². The van der Waals surface area contributed by atoms with E-state index < -0.39 is 23.3 Å². The van der Waals surface area contributed by atoms with Crippen LogP contribution in [0.3, 0.4) is 0 Å². The average molecular weight is 404 g/mol. The largest absolute Gasteiger partial charge is 0.465 e. The van der Waals surface area contributed by atoms with E-state index in [1.54, 1.807) is 24.3 Å². The predicted molar refractivity (Wildman–Crippen MR) is 106 cm³/mol. The molecule has 2 atom stereocenters. The smallest absolute Gasteiger partial charge is 0.407 e. The molecule has 0 radical (unpaired) electrons. The van der Waals surface area contributed by atoms with Crippen LogP contribution in [0.25, 0.3) is 0 Å². The molecular weight excluding hydrogens is 378 g/mol. The first-order chi connectivity index (χ1) is 13.8. The summed E-state index contributed by atoms with van der Waals surface area (Å²) in [5.41, 5.74) is 0.283. The molecule has 3 rings (SSSR count). The van der Waals surface area contributed by atoms with Crippen LogP contribution in [0.2, 0.25) is 0 Å². The zero-order valence-electron chi connectivity index (χ0n) is 16.6. The zero-order chi connectivity index (χ0) is 21.2. The number of hydrogen-bond acceptors (Lipinski definition) is 3. The lowest BCUT2D eigenvalue weighted by atomic mass is 9.79. The molecule has 0 unspecified atom stereocenters. The summed E-state index contributed by atoms with van der Waals surface area (Å²) < 4.78 is 27.2. The Balaban J connectivity index is 2.17. The fourth-order valence-electron chi connectivity index (χ4n) is 4.34. The molecule has 0 spiro atoms. The quantitative estimate of drug-likeness (QED) is 0.798. The number of rotatable bonds is 5. The molecule has 5 nitrogen and oxygen atoms in total. The van der Waals surface area contributed by atoms with Gasteiger partial charge in [0.05, 0.1) is 12.1 Å². The van der Waals surface area contributed by atoms with Gasteiger partial charge in [-0.25, -0.2) is 13.6 Å². The van der Waals surface area contributed by atoms with Gasteiger partial charge < -0.3 is 15.1 Å². The van der Waals surface area contributed by atoms with Crippen molar-refractivity contribution in [3.63, 3.8) is 0 Å². The van der Waals surface area contributed by atoms with Crippen molar-refractivity contribution in [1.82, 2.24) is 9.80 Å². The Morgan fingerprint density at radius 3 is 1.90 bits per heavy atom. The number of aliphatic hydroxyl groups excluding tert-OH is 1. The minimum Gasteiger partial charge on any atom is -0.465 e. The summed E-state index contributed by atoms with van der Waals surface area (Å²) in [6.07, 6.45) is -0.325. The van der Waals surface area contributed by atoms with Crippen molar-refractivity contribution in [3.05, 3.63) is 71.3 Å². The lowest BCUT2D eigenvalue weighted by molar-refractivity contribution is -0.0407. The molecule has 1 heterocycles.